The lowest BCUT2D eigenvalue weighted by Gasteiger charge is -2.14. The van der Waals surface area contributed by atoms with Gasteiger partial charge in [0.15, 0.2) is 0 Å². The van der Waals surface area contributed by atoms with Gasteiger partial charge in [-0.05, 0) is 7.05 Å². The Morgan fingerprint density at radius 3 is 2.42 bits per heavy atom. The van der Waals surface area contributed by atoms with Crippen molar-refractivity contribution in [3.8, 4) is 0 Å². The molecule has 12 heavy (non-hydrogen) atoms. The fourth-order valence-corrected chi connectivity index (χ4v) is 0.934. The van der Waals surface area contributed by atoms with Gasteiger partial charge in [-0.25, -0.2) is 0 Å². The first-order valence-electron chi connectivity index (χ1n) is 3.54. The molecule has 0 heterocycles. The van der Waals surface area contributed by atoms with Crippen molar-refractivity contribution in [1.82, 2.24) is 10.2 Å². The van der Waals surface area contributed by atoms with E-state index < -0.39 is 0 Å². The number of carbonyl (C=O) groups is 1. The predicted octanol–water partition coefficient (Wildman–Crippen LogP) is 0.914. The topological polar surface area (TPSA) is 32.3 Å². The van der Waals surface area contributed by atoms with Crippen LogP contribution in [0.4, 0.5) is 0 Å². The summed E-state index contributed by atoms with van der Waals surface area (Å²) in [6.45, 7) is 1.61. The van der Waals surface area contributed by atoms with Crippen molar-refractivity contribution in [1.29, 1.82) is 0 Å². The Hall–Kier alpha value is 0.200. The molecule has 0 aliphatic carbocycles. The molecular formula is C7H16BrClN2O. The Kier molecular flexibility index (Phi) is 13.7. The first kappa shape index (κ1) is 14.7. The highest BCUT2D eigenvalue weighted by molar-refractivity contribution is 9.09. The summed E-state index contributed by atoms with van der Waals surface area (Å²) in [5, 5.41) is 3.38. The van der Waals surface area contributed by atoms with Gasteiger partial charge in [0.25, 0.3) is 0 Å². The first-order chi connectivity index (χ1) is 5.72. The lowest BCUT2D eigenvalue weighted by Crippen LogP contribution is -2.33. The van der Waals surface area contributed by atoms with Gasteiger partial charge in [0.2, 0.25) is 5.91 Å². The van der Waals surface area contributed by atoms with Crippen molar-refractivity contribution in [2.45, 2.75) is 0 Å². The molecule has 0 aromatic heterocycles. The number of nitrogens with zero attached hydrogens (tertiary/aromatic N) is 1. The number of halogens is 2. The molecule has 0 aliphatic rings. The van der Waals surface area contributed by atoms with Gasteiger partial charge in [0, 0.05) is 26.5 Å². The van der Waals surface area contributed by atoms with Crippen molar-refractivity contribution < 1.29 is 4.79 Å². The number of hydrogen-bond acceptors (Lipinski definition) is 2. The number of nitrogens with one attached hydrogen (secondary N) is 1. The van der Waals surface area contributed by atoms with E-state index in [2.05, 4.69) is 32.8 Å². The third-order valence-corrected chi connectivity index (χ3v) is 1.72. The fraction of sp³-hybridized carbons (Fsp3) is 0.857. The molecule has 5 heteroatoms. The number of amides is 1. The molecule has 0 rings (SSSR count). The Morgan fingerprint density at radius 2 is 2.08 bits per heavy atom. The number of alkyl halides is 2. The minimum absolute atomic E-state index is 0.121. The lowest BCUT2D eigenvalue weighted by atomic mass is 10.5. The van der Waals surface area contributed by atoms with E-state index in [0.717, 1.165) is 13.1 Å². The molecule has 0 aliphatic heterocycles. The molecule has 74 valence electrons. The van der Waals surface area contributed by atoms with Gasteiger partial charge in [0.05, 0.1) is 5.33 Å². The Morgan fingerprint density at radius 1 is 1.58 bits per heavy atom. The predicted molar refractivity (Wildman–Crippen MR) is 57.1 cm³/mol. The van der Waals surface area contributed by atoms with Crippen molar-refractivity contribution in [2.75, 3.05) is 38.9 Å². The average molecular weight is 260 g/mol. The van der Waals surface area contributed by atoms with Crippen LogP contribution in [0, 0.1) is 0 Å². The lowest BCUT2D eigenvalue weighted by molar-refractivity contribution is -0.126. The van der Waals surface area contributed by atoms with Crippen molar-refractivity contribution in [3.63, 3.8) is 0 Å². The van der Waals surface area contributed by atoms with E-state index in [4.69, 9.17) is 0 Å². The number of rotatable bonds is 4. The largest absolute Gasteiger partial charge is 0.344 e. The zero-order valence-electron chi connectivity index (χ0n) is 7.73. The standard InChI is InChI=1S/C6H13BrN2O.CH3Cl/c1-8-3-4-9(2)6(10)5-7;1-2/h8H,3-5H2,1-2H3;1H3. The highest BCUT2D eigenvalue weighted by Gasteiger charge is 2.03. The van der Waals surface area contributed by atoms with Crippen LogP contribution in [-0.2, 0) is 4.79 Å². The van der Waals surface area contributed by atoms with Crippen LogP contribution in [0.15, 0.2) is 0 Å². The summed E-state index contributed by atoms with van der Waals surface area (Å²) in [5.41, 5.74) is 0. The van der Waals surface area contributed by atoms with Gasteiger partial charge < -0.3 is 10.2 Å². The monoisotopic (exact) mass is 258 g/mol. The maximum absolute atomic E-state index is 10.9. The summed E-state index contributed by atoms with van der Waals surface area (Å²) in [5.74, 6) is 0.121. The minimum Gasteiger partial charge on any atom is -0.344 e. The quantitative estimate of drug-likeness (QED) is 0.762. The average Bonchev–Trinajstić information content (AvgIpc) is 2.16. The fourth-order valence-electron chi connectivity index (χ4n) is 0.506. The Labute approximate surface area is 87.6 Å². The van der Waals surface area contributed by atoms with Crippen LogP contribution in [-0.4, -0.2) is 49.7 Å². The third kappa shape index (κ3) is 8.30. The maximum atomic E-state index is 10.9. The Bertz CT molecular complexity index is 114. The molecule has 0 fully saturated rings. The van der Waals surface area contributed by atoms with Crippen LogP contribution in [0.5, 0.6) is 0 Å². The molecular weight excluding hydrogens is 243 g/mol. The zero-order chi connectivity index (χ0) is 9.98. The van der Waals surface area contributed by atoms with Crippen LogP contribution in [0.25, 0.3) is 0 Å². The summed E-state index contributed by atoms with van der Waals surface area (Å²) in [6.07, 6.45) is 1.47. The van der Waals surface area contributed by atoms with E-state index in [1.54, 1.807) is 11.9 Å². The second kappa shape index (κ2) is 11.2. The Balaban J connectivity index is 0. The van der Waals surface area contributed by atoms with Crippen molar-refractivity contribution in [3.05, 3.63) is 0 Å². The summed E-state index contributed by atoms with van der Waals surface area (Å²) in [7, 11) is 3.66. The second-order valence-corrected chi connectivity index (χ2v) is 2.61. The van der Waals surface area contributed by atoms with E-state index in [0.29, 0.717) is 5.33 Å². The number of likely N-dealkylation sites (N-methyl/N-ethyl adjacent to an activating group) is 2. The molecule has 3 nitrogen and oxygen atoms in total. The molecule has 0 aromatic carbocycles. The van der Waals surface area contributed by atoms with Gasteiger partial charge in [-0.15, -0.1) is 11.6 Å². The van der Waals surface area contributed by atoms with Crippen LogP contribution in [0.3, 0.4) is 0 Å². The SMILES string of the molecule is CCl.CNCCN(C)C(=O)CBr. The van der Waals surface area contributed by atoms with Crippen LogP contribution < -0.4 is 5.32 Å². The summed E-state index contributed by atoms with van der Waals surface area (Å²) < 4.78 is 0. The second-order valence-electron chi connectivity index (χ2n) is 2.05. The van der Waals surface area contributed by atoms with Crippen molar-refractivity contribution in [2.24, 2.45) is 0 Å². The van der Waals surface area contributed by atoms with Gasteiger partial charge in [0.1, 0.15) is 0 Å². The third-order valence-electron chi connectivity index (χ3n) is 1.24. The smallest absolute Gasteiger partial charge is 0.233 e. The van der Waals surface area contributed by atoms with Crippen LogP contribution in [0.2, 0.25) is 0 Å². The molecule has 0 saturated carbocycles. The molecule has 0 aromatic rings. The molecule has 1 N–H and O–H groups in total. The van der Waals surface area contributed by atoms with Crippen LogP contribution in [0.1, 0.15) is 0 Å². The van der Waals surface area contributed by atoms with Gasteiger partial charge in [-0.2, -0.15) is 0 Å². The molecule has 0 radical (unpaired) electrons. The van der Waals surface area contributed by atoms with Gasteiger partial charge in [-0.1, -0.05) is 15.9 Å². The van der Waals surface area contributed by atoms with E-state index in [-0.39, 0.29) is 5.91 Å². The van der Waals surface area contributed by atoms with E-state index in [1.165, 1.54) is 6.38 Å². The molecule has 0 spiro atoms. The normalized spacial score (nSPS) is 8.42. The summed E-state index contributed by atoms with van der Waals surface area (Å²) in [6, 6.07) is 0. The zero-order valence-corrected chi connectivity index (χ0v) is 10.1. The maximum Gasteiger partial charge on any atom is 0.233 e. The minimum atomic E-state index is 0.121. The highest BCUT2D eigenvalue weighted by atomic mass is 79.9. The highest BCUT2D eigenvalue weighted by Crippen LogP contribution is 1.87. The van der Waals surface area contributed by atoms with E-state index in [1.807, 2.05) is 7.05 Å². The molecule has 0 saturated heterocycles. The summed E-state index contributed by atoms with van der Waals surface area (Å²) in [4.78, 5) is 12.6. The number of hydrogen-bond donors (Lipinski definition) is 1. The van der Waals surface area contributed by atoms with Crippen LogP contribution >= 0.6 is 27.5 Å². The molecule has 0 atom stereocenters. The molecule has 0 bridgehead atoms. The van der Waals surface area contributed by atoms with E-state index in [9.17, 15) is 4.79 Å². The molecule has 1 amide bonds. The molecule has 0 unspecified atom stereocenters. The first-order valence-corrected chi connectivity index (χ1v) is 5.42. The van der Waals surface area contributed by atoms with Crippen molar-refractivity contribution >= 4 is 33.4 Å². The van der Waals surface area contributed by atoms with Gasteiger partial charge in [-0.3, -0.25) is 4.79 Å². The number of carbonyl (C=O) groups excluding carboxylic acids is 1. The van der Waals surface area contributed by atoms with E-state index >= 15 is 0 Å². The van der Waals surface area contributed by atoms with Gasteiger partial charge >= 0.3 is 0 Å². The summed E-state index contributed by atoms with van der Waals surface area (Å²) >= 11 is 7.73.